The minimum Gasteiger partial charge on any atom is -0.309 e. The lowest BCUT2D eigenvalue weighted by Crippen LogP contribution is -1.99. The third-order valence-corrected chi connectivity index (χ3v) is 3.49. The number of benzene rings is 1. The number of rotatable bonds is 4. The first-order valence-corrected chi connectivity index (χ1v) is 7.67. The minimum atomic E-state index is 0.567. The van der Waals surface area contributed by atoms with Crippen LogP contribution in [-0.2, 0) is 5.75 Å². The second kappa shape index (κ2) is 5.88. The molecule has 100 valence electrons. The lowest BCUT2D eigenvalue weighted by atomic mass is 10.2. The number of aromatic nitrogens is 3. The van der Waals surface area contributed by atoms with E-state index in [4.69, 9.17) is 0 Å². The van der Waals surface area contributed by atoms with Crippen molar-refractivity contribution in [1.82, 2.24) is 15.0 Å². The van der Waals surface area contributed by atoms with E-state index in [0.29, 0.717) is 5.95 Å². The van der Waals surface area contributed by atoms with Crippen molar-refractivity contribution in [2.24, 2.45) is 0 Å². The summed E-state index contributed by atoms with van der Waals surface area (Å²) in [4.78, 5) is 13.1. The van der Waals surface area contributed by atoms with Gasteiger partial charge in [-0.1, -0.05) is 18.2 Å². The van der Waals surface area contributed by atoms with Gasteiger partial charge in [-0.25, -0.2) is 15.0 Å². The fraction of sp³-hybridized carbons (Fsp3) is 0.133. The molecule has 0 atom stereocenters. The van der Waals surface area contributed by atoms with Crippen LogP contribution in [0.1, 0.15) is 5.56 Å². The smallest absolute Gasteiger partial charge is 0.228 e. The molecule has 3 rings (SSSR count). The molecule has 1 N–H and O–H groups in total. The molecule has 0 saturated carbocycles. The Kier molecular flexibility index (Phi) is 3.78. The highest BCUT2D eigenvalue weighted by Crippen LogP contribution is 2.17. The molecule has 0 spiro atoms. The van der Waals surface area contributed by atoms with Gasteiger partial charge in [0.25, 0.3) is 0 Å². The van der Waals surface area contributed by atoms with Gasteiger partial charge in [0.2, 0.25) is 5.95 Å². The molecule has 0 amide bonds. The largest absolute Gasteiger partial charge is 0.309 e. The summed E-state index contributed by atoms with van der Waals surface area (Å²) in [6.07, 6.45) is 5.70. The number of anilines is 2. The molecular weight excluding hydrogens is 268 g/mol. The molecule has 0 aliphatic carbocycles. The van der Waals surface area contributed by atoms with Crippen molar-refractivity contribution in [1.29, 1.82) is 0 Å². The Bertz CT molecular complexity index is 730. The monoisotopic (exact) mass is 282 g/mol. The molecule has 1 aromatic carbocycles. The van der Waals surface area contributed by atoms with Crippen LogP contribution in [0.3, 0.4) is 0 Å². The van der Waals surface area contributed by atoms with Crippen LogP contribution < -0.4 is 5.32 Å². The molecular formula is C15H14N4S. The molecule has 0 aliphatic rings. The van der Waals surface area contributed by atoms with Gasteiger partial charge in [-0.3, -0.25) is 0 Å². The van der Waals surface area contributed by atoms with Crippen LogP contribution in [0.25, 0.3) is 10.9 Å². The van der Waals surface area contributed by atoms with Gasteiger partial charge >= 0.3 is 0 Å². The van der Waals surface area contributed by atoms with Crippen molar-refractivity contribution in [3.8, 4) is 0 Å². The highest BCUT2D eigenvalue weighted by atomic mass is 32.2. The van der Waals surface area contributed by atoms with E-state index in [9.17, 15) is 0 Å². The van der Waals surface area contributed by atoms with E-state index in [-0.39, 0.29) is 0 Å². The molecule has 2 aromatic heterocycles. The minimum absolute atomic E-state index is 0.567. The summed E-state index contributed by atoms with van der Waals surface area (Å²) < 4.78 is 0. The van der Waals surface area contributed by atoms with Gasteiger partial charge in [0, 0.05) is 23.5 Å². The van der Waals surface area contributed by atoms with Crippen molar-refractivity contribution in [3.63, 3.8) is 0 Å². The van der Waals surface area contributed by atoms with Crippen molar-refractivity contribution in [2.75, 3.05) is 11.6 Å². The van der Waals surface area contributed by atoms with E-state index in [2.05, 4.69) is 26.5 Å². The SMILES string of the molecule is CSCc1ccnc(Nc2ncc3ccccc3n2)c1. The van der Waals surface area contributed by atoms with Gasteiger partial charge in [-0.05, 0) is 30.0 Å². The molecule has 0 unspecified atom stereocenters. The maximum absolute atomic E-state index is 4.48. The average Bonchev–Trinajstić information content (AvgIpc) is 2.48. The van der Waals surface area contributed by atoms with Gasteiger partial charge in [-0.15, -0.1) is 0 Å². The summed E-state index contributed by atoms with van der Waals surface area (Å²) in [5.74, 6) is 2.31. The van der Waals surface area contributed by atoms with Crippen LogP contribution >= 0.6 is 11.8 Å². The highest BCUT2D eigenvalue weighted by Gasteiger charge is 2.02. The summed E-state index contributed by atoms with van der Waals surface area (Å²) in [5.41, 5.74) is 2.15. The van der Waals surface area contributed by atoms with Crippen molar-refractivity contribution in [3.05, 3.63) is 54.4 Å². The van der Waals surface area contributed by atoms with E-state index in [0.717, 1.165) is 22.5 Å². The van der Waals surface area contributed by atoms with E-state index in [1.165, 1.54) is 5.56 Å². The van der Waals surface area contributed by atoms with E-state index in [1.54, 1.807) is 18.0 Å². The number of thioether (sulfide) groups is 1. The lowest BCUT2D eigenvalue weighted by molar-refractivity contribution is 1.18. The third-order valence-electron chi connectivity index (χ3n) is 2.86. The van der Waals surface area contributed by atoms with Gasteiger partial charge in [0.05, 0.1) is 5.52 Å². The molecule has 0 bridgehead atoms. The quantitative estimate of drug-likeness (QED) is 0.792. The van der Waals surface area contributed by atoms with E-state index < -0.39 is 0 Å². The van der Waals surface area contributed by atoms with Crippen LogP contribution in [0.15, 0.2) is 48.8 Å². The maximum Gasteiger partial charge on any atom is 0.228 e. The van der Waals surface area contributed by atoms with Gasteiger partial charge in [0.15, 0.2) is 0 Å². The Hall–Kier alpha value is -2.14. The van der Waals surface area contributed by atoms with Crippen LogP contribution in [0, 0.1) is 0 Å². The normalized spacial score (nSPS) is 10.7. The molecule has 0 radical (unpaired) electrons. The van der Waals surface area contributed by atoms with E-state index in [1.807, 2.05) is 42.6 Å². The standard InChI is InChI=1S/C15H14N4S/c1-20-10-11-6-7-16-14(8-11)19-15-17-9-12-4-2-3-5-13(12)18-15/h2-9H,10H2,1H3,(H,16,17,18,19). The van der Waals surface area contributed by atoms with Crippen molar-refractivity contribution < 1.29 is 0 Å². The molecule has 5 heteroatoms. The van der Waals surface area contributed by atoms with Crippen LogP contribution in [-0.4, -0.2) is 21.2 Å². The number of hydrogen-bond donors (Lipinski definition) is 1. The topological polar surface area (TPSA) is 50.7 Å². The van der Waals surface area contributed by atoms with Crippen molar-refractivity contribution >= 4 is 34.4 Å². The summed E-state index contributed by atoms with van der Waals surface area (Å²) in [5, 5.41) is 4.18. The first-order chi connectivity index (χ1) is 9.85. The predicted octanol–water partition coefficient (Wildman–Crippen LogP) is 3.63. The average molecular weight is 282 g/mol. The first-order valence-electron chi connectivity index (χ1n) is 6.28. The zero-order valence-corrected chi connectivity index (χ0v) is 11.9. The Labute approximate surface area is 121 Å². The van der Waals surface area contributed by atoms with Gasteiger partial charge < -0.3 is 5.32 Å². The zero-order valence-electron chi connectivity index (χ0n) is 11.1. The van der Waals surface area contributed by atoms with Crippen LogP contribution in [0.5, 0.6) is 0 Å². The molecule has 3 aromatic rings. The second-order valence-corrected chi connectivity index (χ2v) is 5.23. The van der Waals surface area contributed by atoms with Gasteiger partial charge in [0.1, 0.15) is 5.82 Å². The van der Waals surface area contributed by atoms with Crippen LogP contribution in [0.2, 0.25) is 0 Å². The Balaban J connectivity index is 1.87. The predicted molar refractivity (Wildman–Crippen MR) is 84.3 cm³/mol. The fourth-order valence-electron chi connectivity index (χ4n) is 1.95. The number of para-hydroxylation sites is 1. The molecule has 2 heterocycles. The molecule has 0 saturated heterocycles. The number of pyridine rings is 1. The zero-order chi connectivity index (χ0) is 13.8. The Morgan fingerprint density at radius 1 is 1.15 bits per heavy atom. The van der Waals surface area contributed by atoms with E-state index >= 15 is 0 Å². The molecule has 0 fully saturated rings. The molecule has 20 heavy (non-hydrogen) atoms. The molecule has 0 aliphatic heterocycles. The Morgan fingerprint density at radius 3 is 2.95 bits per heavy atom. The van der Waals surface area contributed by atoms with Crippen LogP contribution in [0.4, 0.5) is 11.8 Å². The number of fused-ring (bicyclic) bond motifs is 1. The fourth-order valence-corrected chi connectivity index (χ4v) is 2.46. The summed E-state index contributed by atoms with van der Waals surface area (Å²) in [6, 6.07) is 12.0. The summed E-state index contributed by atoms with van der Waals surface area (Å²) >= 11 is 1.78. The van der Waals surface area contributed by atoms with Gasteiger partial charge in [-0.2, -0.15) is 11.8 Å². The third kappa shape index (κ3) is 2.88. The van der Waals surface area contributed by atoms with Crippen molar-refractivity contribution in [2.45, 2.75) is 5.75 Å². The first kappa shape index (κ1) is 12.9. The number of nitrogens with zero attached hydrogens (tertiary/aromatic N) is 3. The maximum atomic E-state index is 4.48. The summed E-state index contributed by atoms with van der Waals surface area (Å²) in [6.45, 7) is 0. The second-order valence-electron chi connectivity index (χ2n) is 4.36. The number of nitrogens with one attached hydrogen (secondary N) is 1. The number of hydrogen-bond acceptors (Lipinski definition) is 5. The Morgan fingerprint density at radius 2 is 2.05 bits per heavy atom. The highest BCUT2D eigenvalue weighted by molar-refractivity contribution is 7.97. The summed E-state index contributed by atoms with van der Waals surface area (Å²) in [7, 11) is 0. The molecule has 4 nitrogen and oxygen atoms in total. The lowest BCUT2D eigenvalue weighted by Gasteiger charge is -2.06.